The van der Waals surface area contributed by atoms with Crippen molar-refractivity contribution in [3.8, 4) is 0 Å². The summed E-state index contributed by atoms with van der Waals surface area (Å²) in [5, 5.41) is 1.77. The van der Waals surface area contributed by atoms with Gasteiger partial charge in [-0.2, -0.15) is 0 Å². The Morgan fingerprint density at radius 2 is 1.77 bits per heavy atom. The van der Waals surface area contributed by atoms with Gasteiger partial charge in [-0.3, -0.25) is 0 Å². The van der Waals surface area contributed by atoms with Gasteiger partial charge in [-0.1, -0.05) is 18.2 Å². The summed E-state index contributed by atoms with van der Waals surface area (Å²) in [5.74, 6) is 0. The highest BCUT2D eigenvalue weighted by Crippen LogP contribution is 2.21. The normalized spacial score (nSPS) is 15.9. The van der Waals surface area contributed by atoms with Gasteiger partial charge >= 0.3 is 0 Å². The molecule has 0 spiro atoms. The highest BCUT2D eigenvalue weighted by Gasteiger charge is 2.15. The number of anilines is 1. The van der Waals surface area contributed by atoms with Crippen LogP contribution in [0.5, 0.6) is 0 Å². The second kappa shape index (κ2) is 6.81. The minimum absolute atomic E-state index is 0.320. The van der Waals surface area contributed by atoms with Crippen LogP contribution in [0.3, 0.4) is 0 Å². The number of nitrogens with zero attached hydrogens (tertiary/aromatic N) is 1. The summed E-state index contributed by atoms with van der Waals surface area (Å²) in [4.78, 5) is 2.39. The largest absolute Gasteiger partial charge is 0.372 e. The van der Waals surface area contributed by atoms with Gasteiger partial charge in [-0.15, -0.1) is 11.3 Å². The molecule has 0 radical (unpaired) electrons. The first kappa shape index (κ1) is 15.5. The molecule has 3 rings (SSSR count). The van der Waals surface area contributed by atoms with Crippen molar-refractivity contribution in [1.82, 2.24) is 4.72 Å². The minimum atomic E-state index is -3.39. The molecule has 1 fully saturated rings. The van der Waals surface area contributed by atoms with Gasteiger partial charge < -0.3 is 4.90 Å². The predicted octanol–water partition coefficient (Wildman–Crippen LogP) is 3.22. The van der Waals surface area contributed by atoms with Crippen LogP contribution in [0.4, 0.5) is 5.69 Å². The molecule has 0 saturated carbocycles. The van der Waals surface area contributed by atoms with E-state index in [1.165, 1.54) is 36.3 Å². The maximum Gasteiger partial charge on any atom is 0.250 e. The summed E-state index contributed by atoms with van der Waals surface area (Å²) in [6.07, 6.45) is 3.82. The van der Waals surface area contributed by atoms with Crippen LogP contribution in [0.2, 0.25) is 0 Å². The summed E-state index contributed by atoms with van der Waals surface area (Å²) in [6, 6.07) is 11.5. The average molecular weight is 336 g/mol. The molecule has 0 atom stereocenters. The fraction of sp³-hybridized carbons (Fsp3) is 0.375. The molecule has 2 heterocycles. The lowest BCUT2D eigenvalue weighted by Crippen LogP contribution is -2.29. The molecule has 1 aromatic heterocycles. The quantitative estimate of drug-likeness (QED) is 0.912. The van der Waals surface area contributed by atoms with E-state index in [1.54, 1.807) is 17.5 Å². The predicted molar refractivity (Wildman–Crippen MR) is 90.9 cm³/mol. The fourth-order valence-corrected chi connectivity index (χ4v) is 4.70. The first-order chi connectivity index (χ1) is 10.6. The van der Waals surface area contributed by atoms with E-state index >= 15 is 0 Å². The van der Waals surface area contributed by atoms with Crippen molar-refractivity contribution < 1.29 is 8.42 Å². The molecule has 0 amide bonds. The number of rotatable bonds is 5. The highest BCUT2D eigenvalue weighted by atomic mass is 32.2. The van der Waals surface area contributed by atoms with Crippen molar-refractivity contribution in [2.24, 2.45) is 0 Å². The lowest BCUT2D eigenvalue weighted by atomic mass is 10.1. The van der Waals surface area contributed by atoms with Gasteiger partial charge in [0, 0.05) is 25.3 Å². The molecule has 118 valence electrons. The number of sulfonamides is 1. The second-order valence-electron chi connectivity index (χ2n) is 5.47. The number of nitrogens with one attached hydrogen (secondary N) is 1. The van der Waals surface area contributed by atoms with Crippen LogP contribution in [-0.4, -0.2) is 21.5 Å². The zero-order valence-electron chi connectivity index (χ0n) is 12.4. The number of hydrogen-bond acceptors (Lipinski definition) is 4. The number of piperidine rings is 1. The SMILES string of the molecule is O=S(=O)(NCc1ccc(N2CCCCC2)cc1)c1cccs1. The Bertz CT molecular complexity index is 688. The molecule has 0 aliphatic carbocycles. The summed E-state index contributed by atoms with van der Waals surface area (Å²) in [7, 11) is -3.39. The number of thiophene rings is 1. The van der Waals surface area contributed by atoms with E-state index in [2.05, 4.69) is 21.8 Å². The molecule has 6 heteroatoms. The van der Waals surface area contributed by atoms with E-state index in [-0.39, 0.29) is 0 Å². The third-order valence-electron chi connectivity index (χ3n) is 3.88. The second-order valence-corrected chi connectivity index (χ2v) is 8.41. The third-order valence-corrected chi connectivity index (χ3v) is 6.68. The Morgan fingerprint density at radius 1 is 1.05 bits per heavy atom. The van der Waals surface area contributed by atoms with Gasteiger partial charge in [-0.25, -0.2) is 13.1 Å². The molecular formula is C16H20N2O2S2. The molecule has 0 bridgehead atoms. The van der Waals surface area contributed by atoms with E-state index < -0.39 is 10.0 Å². The summed E-state index contributed by atoms with van der Waals surface area (Å²) in [6.45, 7) is 2.55. The lowest BCUT2D eigenvalue weighted by Gasteiger charge is -2.28. The molecule has 1 aromatic carbocycles. The Kier molecular flexibility index (Phi) is 4.81. The van der Waals surface area contributed by atoms with Gasteiger partial charge in [0.1, 0.15) is 4.21 Å². The zero-order chi connectivity index (χ0) is 15.4. The van der Waals surface area contributed by atoms with Crippen LogP contribution < -0.4 is 9.62 Å². The standard InChI is InChI=1S/C16H20N2O2S2/c19-22(20,16-5-4-12-21-16)17-13-14-6-8-15(9-7-14)18-10-2-1-3-11-18/h4-9,12,17H,1-3,10-11,13H2. The van der Waals surface area contributed by atoms with Gasteiger partial charge in [0.2, 0.25) is 10.0 Å². The van der Waals surface area contributed by atoms with Crippen LogP contribution in [0.15, 0.2) is 46.0 Å². The van der Waals surface area contributed by atoms with Crippen molar-refractivity contribution >= 4 is 27.0 Å². The molecule has 1 N–H and O–H groups in total. The van der Waals surface area contributed by atoms with Crippen LogP contribution in [-0.2, 0) is 16.6 Å². The molecule has 1 saturated heterocycles. The van der Waals surface area contributed by atoms with E-state index in [0.717, 1.165) is 18.7 Å². The van der Waals surface area contributed by atoms with E-state index in [0.29, 0.717) is 10.8 Å². The lowest BCUT2D eigenvalue weighted by molar-refractivity contribution is 0.577. The van der Waals surface area contributed by atoms with Crippen LogP contribution in [0.1, 0.15) is 24.8 Å². The number of hydrogen-bond donors (Lipinski definition) is 1. The Morgan fingerprint density at radius 3 is 2.41 bits per heavy atom. The van der Waals surface area contributed by atoms with E-state index in [1.807, 2.05) is 12.1 Å². The van der Waals surface area contributed by atoms with Crippen LogP contribution in [0, 0.1) is 0 Å². The zero-order valence-corrected chi connectivity index (χ0v) is 14.0. The minimum Gasteiger partial charge on any atom is -0.372 e. The van der Waals surface area contributed by atoms with Gasteiger partial charge in [-0.05, 0) is 48.4 Å². The van der Waals surface area contributed by atoms with Crippen molar-refractivity contribution in [3.63, 3.8) is 0 Å². The Hall–Kier alpha value is -1.37. The average Bonchev–Trinajstić information content (AvgIpc) is 3.10. The highest BCUT2D eigenvalue weighted by molar-refractivity contribution is 7.91. The van der Waals surface area contributed by atoms with E-state index in [4.69, 9.17) is 0 Å². The molecule has 2 aromatic rings. The third kappa shape index (κ3) is 3.69. The first-order valence-electron chi connectivity index (χ1n) is 7.52. The topological polar surface area (TPSA) is 49.4 Å². The smallest absolute Gasteiger partial charge is 0.250 e. The number of benzene rings is 1. The summed E-state index contributed by atoms with van der Waals surface area (Å²) in [5.41, 5.74) is 2.20. The van der Waals surface area contributed by atoms with Gasteiger partial charge in [0.15, 0.2) is 0 Å². The molecule has 0 unspecified atom stereocenters. The van der Waals surface area contributed by atoms with Crippen molar-refractivity contribution in [2.45, 2.75) is 30.0 Å². The Labute approximate surface area is 135 Å². The molecular weight excluding hydrogens is 316 g/mol. The van der Waals surface area contributed by atoms with Crippen molar-refractivity contribution in [2.75, 3.05) is 18.0 Å². The van der Waals surface area contributed by atoms with Crippen molar-refractivity contribution in [1.29, 1.82) is 0 Å². The molecule has 1 aliphatic heterocycles. The van der Waals surface area contributed by atoms with Crippen LogP contribution in [0.25, 0.3) is 0 Å². The fourth-order valence-electron chi connectivity index (χ4n) is 2.64. The van der Waals surface area contributed by atoms with Gasteiger partial charge in [0.05, 0.1) is 0 Å². The molecule has 22 heavy (non-hydrogen) atoms. The molecule has 1 aliphatic rings. The maximum atomic E-state index is 12.1. The van der Waals surface area contributed by atoms with E-state index in [9.17, 15) is 8.42 Å². The monoisotopic (exact) mass is 336 g/mol. The summed E-state index contributed by atoms with van der Waals surface area (Å²) >= 11 is 1.23. The van der Waals surface area contributed by atoms with Crippen LogP contribution >= 0.6 is 11.3 Å². The van der Waals surface area contributed by atoms with Gasteiger partial charge in [0.25, 0.3) is 0 Å². The molecule has 4 nitrogen and oxygen atoms in total. The van der Waals surface area contributed by atoms with Crippen molar-refractivity contribution in [3.05, 3.63) is 47.3 Å². The maximum absolute atomic E-state index is 12.1. The Balaban J connectivity index is 1.61. The first-order valence-corrected chi connectivity index (χ1v) is 9.88. The summed E-state index contributed by atoms with van der Waals surface area (Å²) < 4.78 is 27.1.